The number of aromatic nitrogens is 2. The van der Waals surface area contributed by atoms with E-state index in [1.54, 1.807) is 18.5 Å². The average molecular weight is 330 g/mol. The van der Waals surface area contributed by atoms with Crippen LogP contribution in [0.4, 0.5) is 11.4 Å². The number of carbonyl (C=O) groups is 1. The Labute approximate surface area is 138 Å². The lowest BCUT2D eigenvalue weighted by Crippen LogP contribution is -2.48. The van der Waals surface area contributed by atoms with E-state index in [-0.39, 0.29) is 11.9 Å². The molecule has 4 rings (SSSR count). The monoisotopic (exact) mass is 329 g/mol. The van der Waals surface area contributed by atoms with Crippen LogP contribution in [0.5, 0.6) is 0 Å². The summed E-state index contributed by atoms with van der Waals surface area (Å²) in [6, 6.07) is 5.47. The van der Waals surface area contributed by atoms with Crippen LogP contribution in [-0.4, -0.2) is 33.5 Å². The third-order valence-electron chi connectivity index (χ3n) is 4.39. The van der Waals surface area contributed by atoms with Gasteiger partial charge in [-0.1, -0.05) is 17.7 Å². The van der Waals surface area contributed by atoms with Gasteiger partial charge >= 0.3 is 0 Å². The van der Waals surface area contributed by atoms with E-state index >= 15 is 0 Å². The van der Waals surface area contributed by atoms with Crippen LogP contribution in [0.2, 0.25) is 5.02 Å². The van der Waals surface area contributed by atoms with Crippen molar-refractivity contribution >= 4 is 28.9 Å². The third-order valence-corrected chi connectivity index (χ3v) is 4.71. The first-order valence-corrected chi connectivity index (χ1v) is 7.95. The highest BCUT2D eigenvalue weighted by atomic mass is 35.5. The summed E-state index contributed by atoms with van der Waals surface area (Å²) in [6.45, 7) is 2.62. The molecule has 3 heterocycles. The molecule has 2 aliphatic rings. The molecule has 23 heavy (non-hydrogen) atoms. The number of halogens is 1. The van der Waals surface area contributed by atoms with Gasteiger partial charge in [0.2, 0.25) is 0 Å². The Bertz CT molecular complexity index is 781. The first kappa shape index (κ1) is 14.3. The first-order valence-electron chi connectivity index (χ1n) is 7.57. The molecular formula is C16H16ClN5O. The van der Waals surface area contributed by atoms with Crippen LogP contribution < -0.4 is 10.6 Å². The fourth-order valence-electron chi connectivity index (χ4n) is 3.20. The number of hydrogen-bond acceptors (Lipinski definition) is 5. The van der Waals surface area contributed by atoms with Crippen molar-refractivity contribution in [2.24, 2.45) is 0 Å². The van der Waals surface area contributed by atoms with Crippen LogP contribution >= 0.6 is 11.6 Å². The summed E-state index contributed by atoms with van der Waals surface area (Å²) < 4.78 is 0. The fraction of sp³-hybridized carbons (Fsp3) is 0.312. The molecule has 2 N–H and O–H groups in total. The molecular weight excluding hydrogens is 314 g/mol. The Morgan fingerprint density at radius 2 is 2.13 bits per heavy atom. The van der Waals surface area contributed by atoms with Gasteiger partial charge < -0.3 is 15.5 Å². The number of benzene rings is 1. The summed E-state index contributed by atoms with van der Waals surface area (Å²) in [5.74, 6) is -0.0129. The zero-order chi connectivity index (χ0) is 16.0. The molecule has 0 radical (unpaired) electrons. The number of para-hydroxylation sites is 1. The van der Waals surface area contributed by atoms with Crippen molar-refractivity contribution in [3.63, 3.8) is 0 Å². The lowest BCUT2D eigenvalue weighted by Gasteiger charge is -2.35. The van der Waals surface area contributed by atoms with Gasteiger partial charge in [-0.15, -0.1) is 0 Å². The molecule has 1 aromatic heterocycles. The Balaban J connectivity index is 1.56. The van der Waals surface area contributed by atoms with Gasteiger partial charge in [0.25, 0.3) is 5.91 Å². The van der Waals surface area contributed by atoms with E-state index < -0.39 is 6.17 Å². The molecule has 0 spiro atoms. The molecule has 6 nitrogen and oxygen atoms in total. The molecule has 1 aromatic carbocycles. The minimum absolute atomic E-state index is 0.0129. The molecule has 2 atom stereocenters. The largest absolute Gasteiger partial charge is 0.356 e. The summed E-state index contributed by atoms with van der Waals surface area (Å²) in [5.41, 5.74) is 3.47. The van der Waals surface area contributed by atoms with Gasteiger partial charge in [-0.2, -0.15) is 0 Å². The molecule has 118 valence electrons. The zero-order valence-electron chi connectivity index (χ0n) is 12.6. The van der Waals surface area contributed by atoms with Gasteiger partial charge in [-0.05, 0) is 19.1 Å². The molecule has 1 amide bonds. The Kier molecular flexibility index (Phi) is 3.34. The lowest BCUT2D eigenvalue weighted by atomic mass is 10.0. The Morgan fingerprint density at radius 3 is 2.96 bits per heavy atom. The van der Waals surface area contributed by atoms with Crippen LogP contribution in [0.15, 0.2) is 30.6 Å². The van der Waals surface area contributed by atoms with Gasteiger partial charge in [0.1, 0.15) is 0 Å². The van der Waals surface area contributed by atoms with Crippen molar-refractivity contribution < 1.29 is 4.79 Å². The minimum atomic E-state index is -0.509. The second kappa shape index (κ2) is 5.38. The predicted octanol–water partition coefficient (Wildman–Crippen LogP) is 2.44. The van der Waals surface area contributed by atoms with Crippen LogP contribution in [0.3, 0.4) is 0 Å². The maximum atomic E-state index is 12.9. The highest BCUT2D eigenvalue weighted by Crippen LogP contribution is 2.36. The highest BCUT2D eigenvalue weighted by molar-refractivity contribution is 6.34. The van der Waals surface area contributed by atoms with E-state index in [0.29, 0.717) is 11.6 Å². The summed E-state index contributed by atoms with van der Waals surface area (Å²) in [6.07, 6.45) is 3.58. The quantitative estimate of drug-likeness (QED) is 0.841. The van der Waals surface area contributed by atoms with Gasteiger partial charge in [0.15, 0.2) is 6.17 Å². The van der Waals surface area contributed by atoms with Crippen molar-refractivity contribution in [3.8, 4) is 0 Å². The number of nitrogens with zero attached hydrogens (tertiary/aromatic N) is 3. The molecule has 7 heteroatoms. The molecule has 2 aromatic rings. The number of carbonyl (C=O) groups excluding carboxylic acids is 1. The Morgan fingerprint density at radius 1 is 1.30 bits per heavy atom. The van der Waals surface area contributed by atoms with Crippen LogP contribution in [0.25, 0.3) is 0 Å². The molecule has 0 aliphatic carbocycles. The predicted molar refractivity (Wildman–Crippen MR) is 88.3 cm³/mol. The number of amides is 1. The normalized spacial score (nSPS) is 21.9. The maximum Gasteiger partial charge on any atom is 0.266 e. The molecule has 0 fully saturated rings. The van der Waals surface area contributed by atoms with E-state index in [4.69, 9.17) is 11.6 Å². The lowest BCUT2D eigenvalue weighted by molar-refractivity contribution is -0.134. The zero-order valence-corrected chi connectivity index (χ0v) is 13.3. The second-order valence-corrected chi connectivity index (χ2v) is 6.14. The molecule has 0 saturated carbocycles. The van der Waals surface area contributed by atoms with Crippen LogP contribution in [-0.2, 0) is 11.2 Å². The summed E-state index contributed by atoms with van der Waals surface area (Å²) in [7, 11) is 0. The standard InChI is InChI=1S/C16H16ClN5O/c1-9-13-11(18-6-7-19-13)5-8-22(9)16(23)15-20-12-4-2-3-10(17)14(12)21-15/h2-4,6-7,9,15,20-21H,5,8H2,1H3. The van der Waals surface area contributed by atoms with Crippen molar-refractivity contribution in [1.82, 2.24) is 14.9 Å². The first-order chi connectivity index (χ1) is 11.1. The fourth-order valence-corrected chi connectivity index (χ4v) is 3.43. The maximum absolute atomic E-state index is 12.9. The van der Waals surface area contributed by atoms with E-state index in [0.717, 1.165) is 29.2 Å². The number of anilines is 2. The molecule has 2 aliphatic heterocycles. The smallest absolute Gasteiger partial charge is 0.266 e. The van der Waals surface area contributed by atoms with Gasteiger partial charge in [-0.25, -0.2) is 0 Å². The average Bonchev–Trinajstić information content (AvgIpc) is 3.01. The number of fused-ring (bicyclic) bond motifs is 2. The van der Waals surface area contributed by atoms with Crippen molar-refractivity contribution in [1.29, 1.82) is 0 Å². The van der Waals surface area contributed by atoms with E-state index in [1.807, 2.05) is 24.0 Å². The summed E-state index contributed by atoms with van der Waals surface area (Å²) in [5, 5.41) is 6.97. The SMILES string of the molecule is CC1c2nccnc2CCN1C(=O)C1Nc2cccc(Cl)c2N1. The number of nitrogens with one attached hydrogen (secondary N) is 2. The molecule has 0 bridgehead atoms. The molecule has 0 saturated heterocycles. The second-order valence-electron chi connectivity index (χ2n) is 5.73. The van der Waals surface area contributed by atoms with E-state index in [2.05, 4.69) is 20.6 Å². The summed E-state index contributed by atoms with van der Waals surface area (Å²) in [4.78, 5) is 23.5. The summed E-state index contributed by atoms with van der Waals surface area (Å²) >= 11 is 6.18. The van der Waals surface area contributed by atoms with E-state index in [1.165, 1.54) is 0 Å². The van der Waals surface area contributed by atoms with Crippen molar-refractivity contribution in [2.75, 3.05) is 17.2 Å². The minimum Gasteiger partial charge on any atom is -0.356 e. The van der Waals surface area contributed by atoms with Crippen molar-refractivity contribution in [2.45, 2.75) is 25.6 Å². The van der Waals surface area contributed by atoms with Gasteiger partial charge in [-0.3, -0.25) is 14.8 Å². The molecule has 2 unspecified atom stereocenters. The number of rotatable bonds is 1. The van der Waals surface area contributed by atoms with Gasteiger partial charge in [0, 0.05) is 25.4 Å². The highest BCUT2D eigenvalue weighted by Gasteiger charge is 2.36. The topological polar surface area (TPSA) is 70.2 Å². The van der Waals surface area contributed by atoms with E-state index in [9.17, 15) is 4.79 Å². The number of hydrogen-bond donors (Lipinski definition) is 2. The van der Waals surface area contributed by atoms with Crippen molar-refractivity contribution in [3.05, 3.63) is 47.0 Å². The Hall–Kier alpha value is -2.34. The van der Waals surface area contributed by atoms with Crippen LogP contribution in [0.1, 0.15) is 24.4 Å². The van der Waals surface area contributed by atoms with Gasteiger partial charge in [0.05, 0.1) is 33.8 Å². The van der Waals surface area contributed by atoms with Crippen LogP contribution in [0, 0.1) is 0 Å². The third kappa shape index (κ3) is 2.30.